The molecule has 0 aliphatic heterocycles. The summed E-state index contributed by atoms with van der Waals surface area (Å²) in [6.45, 7) is 9.17. The summed E-state index contributed by atoms with van der Waals surface area (Å²) in [5.74, 6) is 1.35. The molecule has 4 nitrogen and oxygen atoms in total. The summed E-state index contributed by atoms with van der Waals surface area (Å²) in [6.07, 6.45) is 1.79. The van der Waals surface area contributed by atoms with E-state index in [0.29, 0.717) is 0 Å². The van der Waals surface area contributed by atoms with Gasteiger partial charge in [0.25, 0.3) is 0 Å². The van der Waals surface area contributed by atoms with E-state index >= 15 is 0 Å². The molecule has 0 aliphatic rings. The van der Waals surface area contributed by atoms with Gasteiger partial charge >= 0.3 is 0 Å². The smallest absolute Gasteiger partial charge is 0.120 e. The van der Waals surface area contributed by atoms with Gasteiger partial charge in [0.2, 0.25) is 0 Å². The summed E-state index contributed by atoms with van der Waals surface area (Å²) >= 11 is 0. The maximum absolute atomic E-state index is 6.71. The second kappa shape index (κ2) is 18.9. The van der Waals surface area contributed by atoms with E-state index in [4.69, 9.17) is 9.40 Å². The zero-order valence-electron chi connectivity index (χ0n) is 36.8. The van der Waals surface area contributed by atoms with Crippen molar-refractivity contribution in [1.29, 1.82) is 0 Å². The van der Waals surface area contributed by atoms with Crippen LogP contribution in [-0.4, -0.2) is 14.5 Å². The minimum Gasteiger partial charge on any atom is -0.501 e. The summed E-state index contributed by atoms with van der Waals surface area (Å²) in [7, 11) is 0. The summed E-state index contributed by atoms with van der Waals surface area (Å²) in [5.41, 5.74) is 17.5. The average molecular weight is 1020 g/mol. The van der Waals surface area contributed by atoms with Crippen LogP contribution in [-0.2, 0) is 20.1 Å². The largest absolute Gasteiger partial charge is 0.501 e. The van der Waals surface area contributed by atoms with Crippen LogP contribution in [0.4, 0.5) is 0 Å². The molecule has 0 amide bonds. The third-order valence-electron chi connectivity index (χ3n) is 11.9. The Labute approximate surface area is 394 Å². The van der Waals surface area contributed by atoms with Gasteiger partial charge in [-0.2, -0.15) is 0 Å². The maximum atomic E-state index is 6.71. The van der Waals surface area contributed by atoms with Crippen LogP contribution in [0.25, 0.3) is 94.7 Å². The SMILES string of the molecule is CC(C)c1cc(-c2ccc(-c3ccccc3)cc2)cc(C(C)C)c1-n1c(-c2[c-]ccc3c2oc2ccc(-c4ccccc4)cc23)nc2ccccc21.[Ir].[c-]1ccccc1-c1ccccn1. The second-order valence-corrected chi connectivity index (χ2v) is 16.8. The number of rotatable bonds is 8. The van der Waals surface area contributed by atoms with Crippen LogP contribution in [0, 0.1) is 12.1 Å². The molecule has 0 N–H and O–H groups in total. The first kappa shape index (κ1) is 43.1. The van der Waals surface area contributed by atoms with Gasteiger partial charge in [0.15, 0.2) is 0 Å². The molecule has 0 bridgehead atoms. The van der Waals surface area contributed by atoms with Crippen LogP contribution >= 0.6 is 0 Å². The Bertz CT molecular complexity index is 3290. The number of aromatic nitrogens is 3. The van der Waals surface area contributed by atoms with Crippen LogP contribution in [0.3, 0.4) is 0 Å². The first-order chi connectivity index (χ1) is 31.4. The molecule has 319 valence electrons. The molecule has 0 aliphatic carbocycles. The van der Waals surface area contributed by atoms with Crippen LogP contribution in [0.2, 0.25) is 0 Å². The van der Waals surface area contributed by atoms with Crippen LogP contribution in [0.15, 0.2) is 205 Å². The molecule has 5 heteroatoms. The fraction of sp³-hybridized carbons (Fsp3) is 0.100. The Morgan fingerprint density at radius 3 is 1.75 bits per heavy atom. The van der Waals surface area contributed by atoms with Gasteiger partial charge in [-0.25, -0.2) is 0 Å². The molecule has 0 unspecified atom stereocenters. The zero-order valence-corrected chi connectivity index (χ0v) is 39.2. The molecule has 0 spiro atoms. The predicted octanol–water partition coefficient (Wildman–Crippen LogP) is 16.2. The van der Waals surface area contributed by atoms with Crippen molar-refractivity contribution in [2.24, 2.45) is 0 Å². The van der Waals surface area contributed by atoms with E-state index in [1.165, 1.54) is 44.6 Å². The third kappa shape index (κ3) is 8.61. The maximum Gasteiger partial charge on any atom is 0.120 e. The third-order valence-corrected chi connectivity index (χ3v) is 11.9. The number of imidazole rings is 1. The van der Waals surface area contributed by atoms with Crippen LogP contribution < -0.4 is 0 Å². The standard InChI is InChI=1S/C49H39N2O.C11H8N.Ir/c1-31(2)41-29-38(36-24-22-35(23-25-36)33-14-7-5-8-15-33)30-42(32(3)4)47(41)51-45-21-12-11-20-44(45)50-49(51)40-19-13-18-39-43-28-37(34-16-9-6-10-17-34)26-27-46(43)52-48(39)40;1-2-6-10(7-3-1)11-8-4-5-9-12-11;/h5-18,20-32H,1-4H3;1-6,8-9H;/q2*-1;. The fourth-order valence-electron chi connectivity index (χ4n) is 8.68. The van der Waals surface area contributed by atoms with Gasteiger partial charge in [0.1, 0.15) is 5.58 Å². The van der Waals surface area contributed by atoms with Crippen LogP contribution in [0.1, 0.15) is 50.7 Å². The van der Waals surface area contributed by atoms with Gasteiger partial charge in [-0.1, -0.05) is 154 Å². The number of furan rings is 1. The fourth-order valence-corrected chi connectivity index (χ4v) is 8.68. The monoisotopic (exact) mass is 1020 g/mol. The Kier molecular flexibility index (Phi) is 12.5. The molecule has 3 aromatic heterocycles. The Balaban J connectivity index is 0.000000355. The molecule has 0 saturated carbocycles. The summed E-state index contributed by atoms with van der Waals surface area (Å²) < 4.78 is 9.08. The van der Waals surface area contributed by atoms with Crippen molar-refractivity contribution in [3.63, 3.8) is 0 Å². The van der Waals surface area contributed by atoms with Crippen molar-refractivity contribution in [2.75, 3.05) is 0 Å². The van der Waals surface area contributed by atoms with Crippen molar-refractivity contribution < 1.29 is 24.5 Å². The molecule has 0 saturated heterocycles. The van der Waals surface area contributed by atoms with E-state index in [-0.39, 0.29) is 31.9 Å². The molecule has 65 heavy (non-hydrogen) atoms. The molecule has 8 aromatic carbocycles. The number of pyridine rings is 1. The second-order valence-electron chi connectivity index (χ2n) is 16.8. The minimum atomic E-state index is 0. The van der Waals surface area contributed by atoms with E-state index in [1.807, 2.05) is 48.5 Å². The topological polar surface area (TPSA) is 43.9 Å². The quantitative estimate of drug-likeness (QED) is 0.142. The molecular weight excluding hydrogens is 971 g/mol. The van der Waals surface area contributed by atoms with E-state index in [2.05, 4.69) is 195 Å². The number of hydrogen-bond acceptors (Lipinski definition) is 3. The zero-order chi connectivity index (χ0) is 43.6. The number of benzene rings is 8. The summed E-state index contributed by atoms with van der Waals surface area (Å²) in [4.78, 5) is 9.55. The van der Waals surface area contributed by atoms with Gasteiger partial charge in [-0.3, -0.25) is 4.98 Å². The molecule has 1 radical (unpaired) electrons. The molecule has 0 fully saturated rings. The minimum absolute atomic E-state index is 0. The van der Waals surface area contributed by atoms with Crippen LogP contribution in [0.5, 0.6) is 0 Å². The van der Waals surface area contributed by atoms with E-state index in [9.17, 15) is 0 Å². The number of para-hydroxylation sites is 2. The number of fused-ring (bicyclic) bond motifs is 4. The molecule has 11 aromatic rings. The number of hydrogen-bond donors (Lipinski definition) is 0. The van der Waals surface area contributed by atoms with Gasteiger partial charge in [-0.15, -0.1) is 54.1 Å². The van der Waals surface area contributed by atoms with Crippen molar-refractivity contribution in [1.82, 2.24) is 14.5 Å². The van der Waals surface area contributed by atoms with E-state index < -0.39 is 0 Å². The van der Waals surface area contributed by atoms with E-state index in [1.54, 1.807) is 6.20 Å². The van der Waals surface area contributed by atoms with Crippen molar-refractivity contribution >= 4 is 33.0 Å². The predicted molar refractivity (Wildman–Crippen MR) is 266 cm³/mol. The Morgan fingerprint density at radius 2 is 1.11 bits per heavy atom. The van der Waals surface area contributed by atoms with Crippen molar-refractivity contribution in [2.45, 2.75) is 39.5 Å². The van der Waals surface area contributed by atoms with E-state index in [0.717, 1.165) is 61.2 Å². The van der Waals surface area contributed by atoms with Crippen molar-refractivity contribution in [3.8, 4) is 61.7 Å². The summed E-state index contributed by atoms with van der Waals surface area (Å²) in [6, 6.07) is 74.3. The molecule has 0 atom stereocenters. The average Bonchev–Trinajstić information content (AvgIpc) is 3.93. The molecule has 11 rings (SSSR count). The normalized spacial score (nSPS) is 11.2. The Morgan fingerprint density at radius 1 is 0.508 bits per heavy atom. The van der Waals surface area contributed by atoms with Gasteiger partial charge in [0, 0.05) is 37.4 Å². The number of nitrogens with zero attached hydrogens (tertiary/aromatic N) is 3. The molecular formula is C60H47IrN3O-2. The Hall–Kier alpha value is -7.17. The van der Waals surface area contributed by atoms with Crippen molar-refractivity contribution in [3.05, 3.63) is 224 Å². The van der Waals surface area contributed by atoms with Gasteiger partial charge in [-0.05, 0) is 105 Å². The van der Waals surface area contributed by atoms with Gasteiger partial charge in [0.05, 0.1) is 22.4 Å². The summed E-state index contributed by atoms with van der Waals surface area (Å²) in [5, 5.41) is 2.14. The first-order valence-electron chi connectivity index (χ1n) is 22.0. The first-order valence-corrected chi connectivity index (χ1v) is 22.0. The molecule has 3 heterocycles. The van der Waals surface area contributed by atoms with Gasteiger partial charge < -0.3 is 14.0 Å².